The van der Waals surface area contributed by atoms with E-state index in [1.807, 2.05) is 28.1 Å². The Kier molecular flexibility index (Phi) is 4.89. The van der Waals surface area contributed by atoms with E-state index < -0.39 is 0 Å². The molecule has 0 spiro atoms. The second kappa shape index (κ2) is 7.31. The molecule has 134 valence electrons. The van der Waals surface area contributed by atoms with Gasteiger partial charge in [0.25, 0.3) is 0 Å². The van der Waals surface area contributed by atoms with Crippen LogP contribution in [0.3, 0.4) is 0 Å². The molecule has 5 nitrogen and oxygen atoms in total. The fraction of sp³-hybridized carbons (Fsp3) is 0.222. The largest absolute Gasteiger partial charge is 0.370 e. The number of benzene rings is 1. The molecule has 1 fully saturated rings. The first kappa shape index (κ1) is 17.4. The van der Waals surface area contributed by atoms with Crippen LogP contribution in [-0.4, -0.2) is 28.4 Å². The number of thiazole rings is 1. The summed E-state index contributed by atoms with van der Waals surface area (Å²) in [4.78, 5) is 19.8. The average Bonchev–Trinajstić information content (AvgIpc) is 3.31. The number of aromatic nitrogens is 2. The molecule has 0 unspecified atom stereocenters. The summed E-state index contributed by atoms with van der Waals surface area (Å²) in [7, 11) is 0. The molecule has 0 radical (unpaired) electrons. The maximum Gasteiger partial charge on any atom is 0.248 e. The van der Waals surface area contributed by atoms with Gasteiger partial charge in [-0.2, -0.15) is 0 Å². The Balaban J connectivity index is 1.55. The predicted molar refractivity (Wildman–Crippen MR) is 109 cm³/mol. The quantitative estimate of drug-likeness (QED) is 0.623. The number of carbonyl (C=O) groups excluding carboxylic acids is 1. The van der Waals surface area contributed by atoms with Gasteiger partial charge in [0, 0.05) is 35.8 Å². The first-order valence-electron chi connectivity index (χ1n) is 8.26. The predicted octanol–water partition coefficient (Wildman–Crippen LogP) is 4.95. The number of imidazole rings is 1. The van der Waals surface area contributed by atoms with Gasteiger partial charge in [-0.25, -0.2) is 4.98 Å². The number of hydrogen-bond donors (Lipinski definition) is 1. The maximum atomic E-state index is 12.4. The summed E-state index contributed by atoms with van der Waals surface area (Å²) < 4.78 is 1.85. The summed E-state index contributed by atoms with van der Waals surface area (Å²) in [5.41, 5.74) is 2.40. The molecule has 1 amide bonds. The van der Waals surface area contributed by atoms with E-state index in [0.717, 1.165) is 36.6 Å². The first-order valence-corrected chi connectivity index (χ1v) is 9.90. The molecule has 1 aromatic carbocycles. The van der Waals surface area contributed by atoms with Crippen LogP contribution in [0.1, 0.15) is 18.5 Å². The zero-order valence-electron chi connectivity index (χ0n) is 13.8. The van der Waals surface area contributed by atoms with Gasteiger partial charge in [-0.05, 0) is 37.1 Å². The summed E-state index contributed by atoms with van der Waals surface area (Å²) in [5.74, 6) is -0.242. The number of fused-ring (bicyclic) bond motifs is 1. The summed E-state index contributed by atoms with van der Waals surface area (Å²) in [6.45, 7) is 1.98. The Morgan fingerprint density at radius 2 is 2.08 bits per heavy atom. The van der Waals surface area contributed by atoms with E-state index in [0.29, 0.717) is 21.6 Å². The number of carbonyl (C=O) groups is 1. The minimum atomic E-state index is -0.242. The lowest BCUT2D eigenvalue weighted by atomic mass is 10.2. The zero-order valence-corrected chi connectivity index (χ0v) is 16.1. The highest BCUT2D eigenvalue weighted by molar-refractivity contribution is 7.15. The van der Waals surface area contributed by atoms with Crippen LogP contribution in [0.15, 0.2) is 35.9 Å². The van der Waals surface area contributed by atoms with Crippen molar-refractivity contribution < 1.29 is 4.79 Å². The number of halogens is 2. The van der Waals surface area contributed by atoms with Crippen LogP contribution >= 0.6 is 34.5 Å². The average molecular weight is 407 g/mol. The maximum absolute atomic E-state index is 12.4. The number of rotatable bonds is 4. The van der Waals surface area contributed by atoms with Crippen LogP contribution in [0.25, 0.3) is 11.0 Å². The van der Waals surface area contributed by atoms with Crippen molar-refractivity contribution >= 4 is 62.9 Å². The van der Waals surface area contributed by atoms with Crippen LogP contribution in [0.4, 0.5) is 11.4 Å². The first-order chi connectivity index (χ1) is 12.6. The van der Waals surface area contributed by atoms with E-state index >= 15 is 0 Å². The number of hydrogen-bond acceptors (Lipinski definition) is 4. The molecular formula is C18H16Cl2N4OS. The van der Waals surface area contributed by atoms with E-state index in [1.54, 1.807) is 12.1 Å². The number of anilines is 2. The number of nitrogens with one attached hydrogen (secondary N) is 1. The topological polar surface area (TPSA) is 49.6 Å². The van der Waals surface area contributed by atoms with Crippen LogP contribution in [-0.2, 0) is 4.79 Å². The summed E-state index contributed by atoms with van der Waals surface area (Å²) in [6.07, 6.45) is 7.32. The van der Waals surface area contributed by atoms with Gasteiger partial charge in [0.05, 0.1) is 17.1 Å². The Morgan fingerprint density at radius 1 is 1.27 bits per heavy atom. The van der Waals surface area contributed by atoms with Gasteiger partial charge in [-0.1, -0.05) is 23.2 Å². The van der Waals surface area contributed by atoms with Gasteiger partial charge in [0.2, 0.25) is 5.91 Å². The number of amides is 1. The Bertz CT molecular complexity index is 988. The van der Waals surface area contributed by atoms with Crippen LogP contribution in [0.2, 0.25) is 10.2 Å². The molecular weight excluding hydrogens is 391 g/mol. The number of nitrogens with zero attached hydrogens (tertiary/aromatic N) is 3. The molecule has 4 rings (SSSR count). The second-order valence-corrected chi connectivity index (χ2v) is 7.69. The van der Waals surface area contributed by atoms with Crippen LogP contribution in [0, 0.1) is 0 Å². The highest BCUT2D eigenvalue weighted by Gasteiger charge is 2.17. The Morgan fingerprint density at radius 3 is 2.88 bits per heavy atom. The molecule has 1 saturated heterocycles. The van der Waals surface area contributed by atoms with Gasteiger partial charge >= 0.3 is 0 Å². The lowest BCUT2D eigenvalue weighted by molar-refractivity contribution is -0.111. The van der Waals surface area contributed by atoms with Crippen molar-refractivity contribution in [2.24, 2.45) is 0 Å². The second-order valence-electron chi connectivity index (χ2n) is 6.02. The lowest BCUT2D eigenvalue weighted by Gasteiger charge is -2.21. The van der Waals surface area contributed by atoms with Crippen molar-refractivity contribution in [2.75, 3.05) is 23.3 Å². The molecule has 1 aliphatic heterocycles. The van der Waals surface area contributed by atoms with Gasteiger partial charge in [-0.15, -0.1) is 11.3 Å². The molecule has 3 aromatic rings. The third-order valence-electron chi connectivity index (χ3n) is 4.31. The van der Waals surface area contributed by atoms with E-state index in [9.17, 15) is 4.79 Å². The van der Waals surface area contributed by atoms with Gasteiger partial charge in [0.15, 0.2) is 10.1 Å². The van der Waals surface area contributed by atoms with Crippen molar-refractivity contribution in [3.05, 3.63) is 51.7 Å². The lowest BCUT2D eigenvalue weighted by Crippen LogP contribution is -2.20. The van der Waals surface area contributed by atoms with E-state index in [1.165, 1.54) is 17.4 Å². The third kappa shape index (κ3) is 3.45. The molecule has 0 atom stereocenters. The van der Waals surface area contributed by atoms with E-state index in [-0.39, 0.29) is 5.91 Å². The van der Waals surface area contributed by atoms with Crippen LogP contribution < -0.4 is 10.2 Å². The highest BCUT2D eigenvalue weighted by atomic mass is 35.5. The minimum Gasteiger partial charge on any atom is -0.370 e. The van der Waals surface area contributed by atoms with Crippen molar-refractivity contribution in [2.45, 2.75) is 12.8 Å². The molecule has 2 aromatic heterocycles. The van der Waals surface area contributed by atoms with Crippen molar-refractivity contribution in [1.29, 1.82) is 0 Å². The SMILES string of the molecule is O=C(/C=C/c1c(Cl)nc2sccn12)Nc1cc(Cl)ccc1N1CCCC1. The third-order valence-corrected chi connectivity index (χ3v) is 5.58. The van der Waals surface area contributed by atoms with E-state index in [4.69, 9.17) is 23.2 Å². The monoisotopic (exact) mass is 406 g/mol. The molecule has 0 saturated carbocycles. The molecule has 1 aliphatic rings. The normalized spacial score (nSPS) is 14.6. The minimum absolute atomic E-state index is 0.242. The molecule has 8 heteroatoms. The van der Waals surface area contributed by atoms with Crippen molar-refractivity contribution in [3.8, 4) is 0 Å². The summed E-state index contributed by atoms with van der Waals surface area (Å²) in [5, 5.41) is 5.82. The zero-order chi connectivity index (χ0) is 18.1. The van der Waals surface area contributed by atoms with Gasteiger partial charge in [0.1, 0.15) is 0 Å². The Hall–Kier alpha value is -2.02. The van der Waals surface area contributed by atoms with E-state index in [2.05, 4.69) is 15.2 Å². The van der Waals surface area contributed by atoms with Crippen molar-refractivity contribution in [1.82, 2.24) is 9.38 Å². The van der Waals surface area contributed by atoms with Crippen molar-refractivity contribution in [3.63, 3.8) is 0 Å². The standard InChI is InChI=1S/C18H16Cl2N4OS/c19-12-3-4-14(23-7-1-2-8-23)13(11-12)21-16(25)6-5-15-17(20)22-18-24(15)9-10-26-18/h3-6,9-11H,1-2,7-8H2,(H,21,25)/b6-5+. The molecule has 26 heavy (non-hydrogen) atoms. The fourth-order valence-corrected chi connectivity index (χ4v) is 4.27. The van der Waals surface area contributed by atoms with Gasteiger partial charge in [-0.3, -0.25) is 9.20 Å². The molecule has 1 N–H and O–H groups in total. The van der Waals surface area contributed by atoms with Crippen LogP contribution in [0.5, 0.6) is 0 Å². The summed E-state index contributed by atoms with van der Waals surface area (Å²) in [6, 6.07) is 5.58. The molecule has 3 heterocycles. The smallest absolute Gasteiger partial charge is 0.248 e. The fourth-order valence-electron chi connectivity index (χ4n) is 3.10. The molecule has 0 bridgehead atoms. The highest BCUT2D eigenvalue weighted by Crippen LogP contribution is 2.31. The van der Waals surface area contributed by atoms with Gasteiger partial charge < -0.3 is 10.2 Å². The molecule has 0 aliphatic carbocycles. The summed E-state index contributed by atoms with van der Waals surface area (Å²) >= 11 is 13.8. The Labute approximate surface area is 164 Å².